The smallest absolute Gasteiger partial charge is 0.326 e. The summed E-state index contributed by atoms with van der Waals surface area (Å²) in [4.78, 5) is 34.5. The predicted octanol–water partition coefficient (Wildman–Crippen LogP) is 0.372. The van der Waals surface area contributed by atoms with Crippen molar-refractivity contribution in [3.05, 3.63) is 0 Å². The van der Waals surface area contributed by atoms with Gasteiger partial charge in [0.25, 0.3) is 0 Å². The molecule has 0 aromatic heterocycles. The molecule has 0 bridgehead atoms. The van der Waals surface area contributed by atoms with Crippen molar-refractivity contribution in [1.82, 2.24) is 10.2 Å². The molecule has 1 saturated carbocycles. The molecule has 0 spiro atoms. The SMILES string of the molecule is CN(CCOCC1CC1)C(=O)N[C@@H](CCC(=O)O)C(=O)O. The second-order valence-corrected chi connectivity index (χ2v) is 5.21. The molecule has 8 heteroatoms. The molecule has 3 N–H and O–H groups in total. The molecule has 1 fully saturated rings. The Hall–Kier alpha value is -1.83. The van der Waals surface area contributed by atoms with Gasteiger partial charge in [-0.2, -0.15) is 0 Å². The van der Waals surface area contributed by atoms with Gasteiger partial charge in [0.15, 0.2) is 0 Å². The lowest BCUT2D eigenvalue weighted by Gasteiger charge is -2.21. The first-order valence-corrected chi connectivity index (χ1v) is 6.94. The summed E-state index contributed by atoms with van der Waals surface area (Å²) >= 11 is 0. The van der Waals surface area contributed by atoms with E-state index in [-0.39, 0.29) is 12.8 Å². The predicted molar refractivity (Wildman–Crippen MR) is 73.0 cm³/mol. The number of rotatable bonds is 10. The maximum absolute atomic E-state index is 11.8. The molecule has 0 aliphatic heterocycles. The number of nitrogens with zero attached hydrogens (tertiary/aromatic N) is 1. The molecule has 1 rings (SSSR count). The molecule has 120 valence electrons. The monoisotopic (exact) mass is 302 g/mol. The standard InChI is InChI=1S/C13H22N2O6/c1-15(6-7-21-8-9-2-3-9)13(20)14-10(12(18)19)4-5-11(16)17/h9-10H,2-8H2,1H3,(H,14,20)(H,16,17)(H,18,19)/t10-/m0/s1. The van der Waals surface area contributed by atoms with Gasteiger partial charge in [-0.15, -0.1) is 0 Å². The van der Waals surface area contributed by atoms with Gasteiger partial charge in [0.2, 0.25) is 0 Å². The summed E-state index contributed by atoms with van der Waals surface area (Å²) in [6, 6.07) is -1.76. The molecule has 1 aliphatic carbocycles. The number of carboxylic acids is 2. The topological polar surface area (TPSA) is 116 Å². The van der Waals surface area contributed by atoms with Crippen LogP contribution < -0.4 is 5.32 Å². The lowest BCUT2D eigenvalue weighted by molar-refractivity contribution is -0.140. The maximum atomic E-state index is 11.8. The molecule has 0 heterocycles. The van der Waals surface area contributed by atoms with Crippen LogP contribution >= 0.6 is 0 Å². The summed E-state index contributed by atoms with van der Waals surface area (Å²) in [7, 11) is 1.53. The van der Waals surface area contributed by atoms with Crippen molar-refractivity contribution in [3.63, 3.8) is 0 Å². The zero-order chi connectivity index (χ0) is 15.8. The van der Waals surface area contributed by atoms with Crippen molar-refractivity contribution in [2.24, 2.45) is 5.92 Å². The summed E-state index contributed by atoms with van der Waals surface area (Å²) in [5.74, 6) is -1.70. The van der Waals surface area contributed by atoms with E-state index < -0.39 is 24.0 Å². The minimum Gasteiger partial charge on any atom is -0.481 e. The van der Waals surface area contributed by atoms with Crippen molar-refractivity contribution in [2.45, 2.75) is 31.7 Å². The lowest BCUT2D eigenvalue weighted by Crippen LogP contribution is -2.47. The van der Waals surface area contributed by atoms with E-state index in [2.05, 4.69) is 5.32 Å². The van der Waals surface area contributed by atoms with E-state index in [0.29, 0.717) is 25.7 Å². The van der Waals surface area contributed by atoms with Crippen molar-refractivity contribution < 1.29 is 29.3 Å². The van der Waals surface area contributed by atoms with Crippen molar-refractivity contribution in [2.75, 3.05) is 26.8 Å². The van der Waals surface area contributed by atoms with Crippen molar-refractivity contribution in [1.29, 1.82) is 0 Å². The molecular formula is C13H22N2O6. The number of hydrogen-bond donors (Lipinski definition) is 3. The van der Waals surface area contributed by atoms with Crippen LogP contribution in [0.4, 0.5) is 4.79 Å². The number of nitrogens with one attached hydrogen (secondary N) is 1. The van der Waals surface area contributed by atoms with E-state index >= 15 is 0 Å². The Labute approximate surface area is 123 Å². The Morgan fingerprint density at radius 3 is 2.52 bits per heavy atom. The number of hydrogen-bond acceptors (Lipinski definition) is 4. The summed E-state index contributed by atoms with van der Waals surface area (Å²) in [6.07, 6.45) is 1.92. The maximum Gasteiger partial charge on any atom is 0.326 e. The normalized spacial score (nSPS) is 15.3. The van der Waals surface area contributed by atoms with E-state index in [0.717, 1.165) is 0 Å². The number of amides is 2. The molecule has 21 heavy (non-hydrogen) atoms. The van der Waals surface area contributed by atoms with Gasteiger partial charge in [0.05, 0.1) is 6.61 Å². The number of ether oxygens (including phenoxy) is 1. The van der Waals surface area contributed by atoms with Crippen LogP contribution in [0.15, 0.2) is 0 Å². The number of carboxylic acid groups (broad SMARTS) is 2. The molecule has 2 amide bonds. The summed E-state index contributed by atoms with van der Waals surface area (Å²) in [5, 5.41) is 19.8. The second kappa shape index (κ2) is 8.46. The third-order valence-electron chi connectivity index (χ3n) is 3.21. The van der Waals surface area contributed by atoms with E-state index in [4.69, 9.17) is 14.9 Å². The quantitative estimate of drug-likeness (QED) is 0.502. The van der Waals surface area contributed by atoms with Gasteiger partial charge >= 0.3 is 18.0 Å². The van der Waals surface area contributed by atoms with E-state index in [1.807, 2.05) is 0 Å². The highest BCUT2D eigenvalue weighted by molar-refractivity contribution is 5.82. The van der Waals surface area contributed by atoms with Gasteiger partial charge in [0, 0.05) is 26.6 Å². The van der Waals surface area contributed by atoms with Gasteiger partial charge in [0.1, 0.15) is 6.04 Å². The molecule has 0 unspecified atom stereocenters. The molecular weight excluding hydrogens is 280 g/mol. The van der Waals surface area contributed by atoms with Crippen LogP contribution in [0.25, 0.3) is 0 Å². The number of likely N-dealkylation sites (N-methyl/N-ethyl adjacent to an activating group) is 1. The van der Waals surface area contributed by atoms with Crippen LogP contribution in [-0.4, -0.2) is 65.9 Å². The van der Waals surface area contributed by atoms with Gasteiger partial charge in [-0.05, 0) is 25.2 Å². The first kappa shape index (κ1) is 17.2. The fraction of sp³-hybridized carbons (Fsp3) is 0.769. The average molecular weight is 302 g/mol. The van der Waals surface area contributed by atoms with E-state index in [1.165, 1.54) is 24.8 Å². The molecule has 0 saturated heterocycles. The van der Waals surface area contributed by atoms with E-state index in [1.54, 1.807) is 0 Å². The highest BCUT2D eigenvalue weighted by Gasteiger charge is 2.23. The molecule has 0 radical (unpaired) electrons. The third-order valence-corrected chi connectivity index (χ3v) is 3.21. The summed E-state index contributed by atoms with van der Waals surface area (Å²) in [5.41, 5.74) is 0. The number of carbonyl (C=O) groups excluding carboxylic acids is 1. The van der Waals surface area contributed by atoms with Crippen LogP contribution in [0.2, 0.25) is 0 Å². The molecule has 1 aliphatic rings. The first-order valence-electron chi connectivity index (χ1n) is 6.94. The third kappa shape index (κ3) is 7.50. The molecule has 0 aromatic rings. The van der Waals surface area contributed by atoms with Crippen LogP contribution in [0.3, 0.4) is 0 Å². The minimum atomic E-state index is -1.25. The molecule has 8 nitrogen and oxygen atoms in total. The Morgan fingerprint density at radius 2 is 2.00 bits per heavy atom. The lowest BCUT2D eigenvalue weighted by atomic mass is 10.1. The molecule has 0 aromatic carbocycles. The highest BCUT2D eigenvalue weighted by atomic mass is 16.5. The second-order valence-electron chi connectivity index (χ2n) is 5.21. The molecule has 1 atom stereocenters. The fourth-order valence-corrected chi connectivity index (χ4v) is 1.62. The Morgan fingerprint density at radius 1 is 1.33 bits per heavy atom. The zero-order valence-corrected chi connectivity index (χ0v) is 12.1. The Bertz CT molecular complexity index is 383. The number of aliphatic carboxylic acids is 2. The van der Waals surface area contributed by atoms with E-state index in [9.17, 15) is 14.4 Å². The van der Waals surface area contributed by atoms with Crippen LogP contribution in [0.5, 0.6) is 0 Å². The minimum absolute atomic E-state index is 0.150. The van der Waals surface area contributed by atoms with Gasteiger partial charge < -0.3 is 25.2 Å². The Kier molecular flexibility index (Phi) is 6.93. The average Bonchev–Trinajstić information content (AvgIpc) is 3.22. The largest absolute Gasteiger partial charge is 0.481 e. The highest BCUT2D eigenvalue weighted by Crippen LogP contribution is 2.28. The van der Waals surface area contributed by atoms with Crippen LogP contribution in [0.1, 0.15) is 25.7 Å². The number of carbonyl (C=O) groups is 3. The summed E-state index contributed by atoms with van der Waals surface area (Å²) < 4.78 is 5.39. The Balaban J connectivity index is 2.25. The van der Waals surface area contributed by atoms with Crippen molar-refractivity contribution in [3.8, 4) is 0 Å². The summed E-state index contributed by atoms with van der Waals surface area (Å²) in [6.45, 7) is 1.45. The van der Waals surface area contributed by atoms with Crippen LogP contribution in [0, 0.1) is 5.92 Å². The fourth-order valence-electron chi connectivity index (χ4n) is 1.62. The van der Waals surface area contributed by atoms with Gasteiger partial charge in [-0.25, -0.2) is 9.59 Å². The van der Waals surface area contributed by atoms with Crippen molar-refractivity contribution >= 4 is 18.0 Å². The first-order chi connectivity index (χ1) is 9.90. The van der Waals surface area contributed by atoms with Crippen LogP contribution in [-0.2, 0) is 14.3 Å². The van der Waals surface area contributed by atoms with Gasteiger partial charge in [-0.3, -0.25) is 4.79 Å². The zero-order valence-electron chi connectivity index (χ0n) is 12.1. The number of urea groups is 1. The van der Waals surface area contributed by atoms with Gasteiger partial charge in [-0.1, -0.05) is 0 Å².